The smallest absolute Gasteiger partial charge is 0.326 e. The highest BCUT2D eigenvalue weighted by Gasteiger charge is 2.27. The summed E-state index contributed by atoms with van der Waals surface area (Å²) in [6.07, 6.45) is 2.05. The molecule has 0 saturated carbocycles. The molecule has 0 aromatic heterocycles. The molecule has 2 N–H and O–H groups in total. The standard InChI is InChI=1S/C16H23ClN2O3/c1-4-5-9-13(16(21)22)18-15(20)14(19(2)3)11-7-6-8-12(17)10-11/h6-8,10,13-14H,4-5,9H2,1-3H3,(H,18,20)(H,21,22). The molecule has 6 heteroatoms. The maximum atomic E-state index is 12.5. The Hall–Kier alpha value is -1.59. The monoisotopic (exact) mass is 326 g/mol. The van der Waals surface area contributed by atoms with Crippen molar-refractivity contribution in [3.8, 4) is 0 Å². The van der Waals surface area contributed by atoms with Crippen LogP contribution in [-0.2, 0) is 9.59 Å². The minimum Gasteiger partial charge on any atom is -0.480 e. The molecule has 1 aromatic carbocycles. The van der Waals surface area contributed by atoms with Gasteiger partial charge in [0.05, 0.1) is 0 Å². The van der Waals surface area contributed by atoms with Crippen LogP contribution in [0.15, 0.2) is 24.3 Å². The van der Waals surface area contributed by atoms with Gasteiger partial charge in [0.15, 0.2) is 0 Å². The molecule has 5 nitrogen and oxygen atoms in total. The van der Waals surface area contributed by atoms with E-state index in [2.05, 4.69) is 5.32 Å². The first-order chi connectivity index (χ1) is 10.4. The van der Waals surface area contributed by atoms with Crippen LogP contribution < -0.4 is 5.32 Å². The lowest BCUT2D eigenvalue weighted by atomic mass is 10.0. The summed E-state index contributed by atoms with van der Waals surface area (Å²) < 4.78 is 0. The average molecular weight is 327 g/mol. The van der Waals surface area contributed by atoms with E-state index in [4.69, 9.17) is 11.6 Å². The maximum absolute atomic E-state index is 12.5. The Morgan fingerprint density at radius 3 is 2.55 bits per heavy atom. The topological polar surface area (TPSA) is 69.6 Å². The molecule has 2 unspecified atom stereocenters. The van der Waals surface area contributed by atoms with E-state index in [-0.39, 0.29) is 5.91 Å². The number of carboxylic acids is 1. The summed E-state index contributed by atoms with van der Waals surface area (Å²) in [6.45, 7) is 1.98. The summed E-state index contributed by atoms with van der Waals surface area (Å²) >= 11 is 5.98. The second kappa shape index (κ2) is 8.76. The molecule has 0 saturated heterocycles. The van der Waals surface area contributed by atoms with Gasteiger partial charge in [0.25, 0.3) is 0 Å². The fourth-order valence-corrected chi connectivity index (χ4v) is 2.48. The largest absolute Gasteiger partial charge is 0.480 e. The number of rotatable bonds is 8. The van der Waals surface area contributed by atoms with Gasteiger partial charge in [0, 0.05) is 5.02 Å². The molecule has 0 heterocycles. The third kappa shape index (κ3) is 5.31. The van der Waals surface area contributed by atoms with E-state index in [1.165, 1.54) is 0 Å². The van der Waals surface area contributed by atoms with Crippen LogP contribution in [0.3, 0.4) is 0 Å². The zero-order valence-corrected chi connectivity index (χ0v) is 13.9. The van der Waals surface area contributed by atoms with E-state index in [1.807, 2.05) is 6.92 Å². The summed E-state index contributed by atoms with van der Waals surface area (Å²) in [5, 5.41) is 12.4. The van der Waals surface area contributed by atoms with E-state index < -0.39 is 18.1 Å². The highest BCUT2D eigenvalue weighted by atomic mass is 35.5. The first kappa shape index (κ1) is 18.5. The highest BCUT2D eigenvalue weighted by Crippen LogP contribution is 2.22. The molecule has 0 bridgehead atoms. The van der Waals surface area contributed by atoms with Crippen molar-refractivity contribution in [3.63, 3.8) is 0 Å². The van der Waals surface area contributed by atoms with Crippen LogP contribution >= 0.6 is 11.6 Å². The van der Waals surface area contributed by atoms with Crippen molar-refractivity contribution in [2.24, 2.45) is 0 Å². The molecule has 2 atom stereocenters. The number of aliphatic carboxylic acids is 1. The average Bonchev–Trinajstić information content (AvgIpc) is 2.43. The van der Waals surface area contributed by atoms with Crippen LogP contribution in [0.4, 0.5) is 0 Å². The van der Waals surface area contributed by atoms with Crippen molar-refractivity contribution < 1.29 is 14.7 Å². The second-order valence-corrected chi connectivity index (χ2v) is 5.90. The lowest BCUT2D eigenvalue weighted by Gasteiger charge is -2.26. The normalized spacial score (nSPS) is 13.7. The summed E-state index contributed by atoms with van der Waals surface area (Å²) in [7, 11) is 3.54. The number of likely N-dealkylation sites (N-methyl/N-ethyl adjacent to an activating group) is 1. The van der Waals surface area contributed by atoms with Crippen molar-refractivity contribution in [2.75, 3.05) is 14.1 Å². The van der Waals surface area contributed by atoms with Crippen LogP contribution in [0.2, 0.25) is 5.02 Å². The number of amides is 1. The van der Waals surface area contributed by atoms with Crippen LogP contribution in [0.5, 0.6) is 0 Å². The number of hydrogen-bond donors (Lipinski definition) is 2. The fourth-order valence-electron chi connectivity index (χ4n) is 2.28. The number of halogens is 1. The molecule has 0 spiro atoms. The summed E-state index contributed by atoms with van der Waals surface area (Å²) in [4.78, 5) is 25.5. The zero-order valence-electron chi connectivity index (χ0n) is 13.2. The number of nitrogens with zero attached hydrogens (tertiary/aromatic N) is 1. The number of carbonyl (C=O) groups excluding carboxylic acids is 1. The van der Waals surface area contributed by atoms with Crippen LogP contribution in [0.1, 0.15) is 37.8 Å². The molecule has 0 aliphatic heterocycles. The molecular weight excluding hydrogens is 304 g/mol. The second-order valence-electron chi connectivity index (χ2n) is 5.46. The molecule has 122 valence electrons. The van der Waals surface area contributed by atoms with Crippen molar-refractivity contribution in [1.82, 2.24) is 10.2 Å². The Morgan fingerprint density at radius 1 is 1.36 bits per heavy atom. The molecule has 0 aliphatic carbocycles. The van der Waals surface area contributed by atoms with Crippen LogP contribution in [0, 0.1) is 0 Å². The Bertz CT molecular complexity index is 520. The van der Waals surface area contributed by atoms with Crippen molar-refractivity contribution in [2.45, 2.75) is 38.3 Å². The predicted octanol–water partition coefficient (Wildman–Crippen LogP) is 2.70. The molecule has 0 fully saturated rings. The van der Waals surface area contributed by atoms with Gasteiger partial charge in [0.1, 0.15) is 12.1 Å². The maximum Gasteiger partial charge on any atom is 0.326 e. The van der Waals surface area contributed by atoms with Gasteiger partial charge in [-0.25, -0.2) is 4.79 Å². The van der Waals surface area contributed by atoms with Gasteiger partial charge in [-0.1, -0.05) is 43.5 Å². The molecule has 0 radical (unpaired) electrons. The number of carboxylic acid groups (broad SMARTS) is 1. The zero-order chi connectivity index (χ0) is 16.7. The summed E-state index contributed by atoms with van der Waals surface area (Å²) in [5.74, 6) is -1.35. The molecule has 1 amide bonds. The van der Waals surface area contributed by atoms with Gasteiger partial charge in [-0.3, -0.25) is 9.69 Å². The van der Waals surface area contributed by atoms with Crippen LogP contribution in [-0.4, -0.2) is 42.0 Å². The Morgan fingerprint density at radius 2 is 2.05 bits per heavy atom. The molecule has 0 aliphatic rings. The lowest BCUT2D eigenvalue weighted by Crippen LogP contribution is -2.45. The molecular formula is C16H23ClN2O3. The van der Waals surface area contributed by atoms with Gasteiger partial charge >= 0.3 is 5.97 Å². The van der Waals surface area contributed by atoms with Gasteiger partial charge < -0.3 is 10.4 Å². The van der Waals surface area contributed by atoms with Crippen molar-refractivity contribution in [3.05, 3.63) is 34.9 Å². The Balaban J connectivity index is 2.91. The van der Waals surface area contributed by atoms with Crippen molar-refractivity contribution in [1.29, 1.82) is 0 Å². The van der Waals surface area contributed by atoms with E-state index in [0.29, 0.717) is 11.4 Å². The highest BCUT2D eigenvalue weighted by molar-refractivity contribution is 6.30. The lowest BCUT2D eigenvalue weighted by molar-refractivity contribution is -0.142. The van der Waals surface area contributed by atoms with Gasteiger partial charge in [-0.2, -0.15) is 0 Å². The van der Waals surface area contributed by atoms with Crippen molar-refractivity contribution >= 4 is 23.5 Å². The number of hydrogen-bond acceptors (Lipinski definition) is 3. The predicted molar refractivity (Wildman–Crippen MR) is 87.0 cm³/mol. The summed E-state index contributed by atoms with van der Waals surface area (Å²) in [5.41, 5.74) is 0.731. The number of nitrogens with one attached hydrogen (secondary N) is 1. The minimum absolute atomic E-state index is 0.337. The first-order valence-corrected chi connectivity index (χ1v) is 7.69. The van der Waals surface area contributed by atoms with Gasteiger partial charge in [0.2, 0.25) is 5.91 Å². The van der Waals surface area contributed by atoms with E-state index in [9.17, 15) is 14.7 Å². The quantitative estimate of drug-likeness (QED) is 0.770. The number of benzene rings is 1. The van der Waals surface area contributed by atoms with Crippen LogP contribution in [0.25, 0.3) is 0 Å². The summed E-state index contributed by atoms with van der Waals surface area (Å²) in [6, 6.07) is 5.58. The van der Waals surface area contributed by atoms with E-state index in [1.54, 1.807) is 43.3 Å². The molecule has 1 rings (SSSR count). The van der Waals surface area contributed by atoms with E-state index in [0.717, 1.165) is 18.4 Å². The number of unbranched alkanes of at least 4 members (excludes halogenated alkanes) is 1. The third-order valence-corrected chi connectivity index (χ3v) is 3.63. The van der Waals surface area contributed by atoms with Gasteiger partial charge in [-0.05, 0) is 38.2 Å². The molecule has 1 aromatic rings. The van der Waals surface area contributed by atoms with E-state index >= 15 is 0 Å². The fraction of sp³-hybridized carbons (Fsp3) is 0.500. The SMILES string of the molecule is CCCCC(NC(=O)C(c1cccc(Cl)c1)N(C)C)C(=O)O. The number of carbonyl (C=O) groups is 2. The minimum atomic E-state index is -1.01. The third-order valence-electron chi connectivity index (χ3n) is 3.39. The Labute approximate surface area is 136 Å². The molecule has 22 heavy (non-hydrogen) atoms. The Kier molecular flexibility index (Phi) is 7.35. The first-order valence-electron chi connectivity index (χ1n) is 7.31. The van der Waals surface area contributed by atoms with Gasteiger partial charge in [-0.15, -0.1) is 0 Å².